The Morgan fingerprint density at radius 3 is 2.59 bits per heavy atom. The summed E-state index contributed by atoms with van der Waals surface area (Å²) >= 11 is 4.24. The van der Waals surface area contributed by atoms with Crippen LogP contribution in [0.3, 0.4) is 0 Å². The summed E-state index contributed by atoms with van der Waals surface area (Å²) in [5.74, 6) is 0.366. The lowest BCUT2D eigenvalue weighted by atomic mass is 10.0. The standard InChI is InChI=1S/C22H24N2O4S/c1-27-19-10-6-4-8-16(19)21(25)24-18-9-5-3-7-15(18)11-12-20(24)23-17(13-14-29)22(26)28-2/h3-12,17,20,23,29H,13-14H2,1-2H3/t17?,20-/m0/s1. The van der Waals surface area contributed by atoms with Gasteiger partial charge in [0.2, 0.25) is 0 Å². The molecule has 1 aliphatic rings. The van der Waals surface area contributed by atoms with E-state index in [4.69, 9.17) is 9.47 Å². The van der Waals surface area contributed by atoms with E-state index in [2.05, 4.69) is 17.9 Å². The molecule has 1 unspecified atom stereocenters. The number of amides is 1. The number of ether oxygens (including phenoxy) is 2. The Bertz CT molecular complexity index is 915. The second-order valence-electron chi connectivity index (χ2n) is 6.49. The normalized spacial score (nSPS) is 16.1. The van der Waals surface area contributed by atoms with Gasteiger partial charge in [0.15, 0.2) is 0 Å². The summed E-state index contributed by atoms with van der Waals surface area (Å²) in [5, 5.41) is 3.24. The molecule has 7 heteroatoms. The second kappa shape index (κ2) is 9.62. The van der Waals surface area contributed by atoms with E-state index in [1.807, 2.05) is 42.5 Å². The predicted molar refractivity (Wildman–Crippen MR) is 116 cm³/mol. The third-order valence-electron chi connectivity index (χ3n) is 4.76. The van der Waals surface area contributed by atoms with Gasteiger partial charge in [-0.3, -0.25) is 19.8 Å². The molecule has 2 atom stereocenters. The number of thiol groups is 1. The first-order valence-corrected chi connectivity index (χ1v) is 9.92. The summed E-state index contributed by atoms with van der Waals surface area (Å²) in [4.78, 5) is 27.4. The van der Waals surface area contributed by atoms with E-state index in [1.165, 1.54) is 14.2 Å². The Hall–Kier alpha value is -2.77. The minimum atomic E-state index is -0.592. The molecule has 152 valence electrons. The van der Waals surface area contributed by atoms with Gasteiger partial charge in [0.25, 0.3) is 5.91 Å². The van der Waals surface area contributed by atoms with Gasteiger partial charge in [0, 0.05) is 0 Å². The molecular formula is C22H24N2O4S. The van der Waals surface area contributed by atoms with Gasteiger partial charge in [0.1, 0.15) is 18.0 Å². The monoisotopic (exact) mass is 412 g/mol. The summed E-state index contributed by atoms with van der Waals surface area (Å²) < 4.78 is 10.3. The molecule has 3 rings (SSSR count). The molecule has 0 saturated heterocycles. The minimum Gasteiger partial charge on any atom is -0.496 e. The highest BCUT2D eigenvalue weighted by Crippen LogP contribution is 2.31. The maximum atomic E-state index is 13.6. The van der Waals surface area contributed by atoms with Gasteiger partial charge in [-0.2, -0.15) is 12.6 Å². The Morgan fingerprint density at radius 2 is 1.86 bits per heavy atom. The summed E-state index contributed by atoms with van der Waals surface area (Å²) in [6.45, 7) is 0. The smallest absolute Gasteiger partial charge is 0.322 e. The molecule has 1 amide bonds. The number of para-hydroxylation sites is 2. The zero-order chi connectivity index (χ0) is 20.8. The van der Waals surface area contributed by atoms with Crippen molar-refractivity contribution in [3.05, 3.63) is 65.7 Å². The van der Waals surface area contributed by atoms with Crippen molar-refractivity contribution < 1.29 is 19.1 Å². The highest BCUT2D eigenvalue weighted by Gasteiger charge is 2.33. The number of carbonyl (C=O) groups is 2. The number of methoxy groups -OCH3 is 2. The Labute approximate surface area is 175 Å². The summed E-state index contributed by atoms with van der Waals surface area (Å²) in [6.07, 6.45) is 3.74. The molecule has 0 radical (unpaired) electrons. The van der Waals surface area contributed by atoms with Crippen LogP contribution >= 0.6 is 12.6 Å². The van der Waals surface area contributed by atoms with Crippen molar-refractivity contribution in [2.75, 3.05) is 24.9 Å². The van der Waals surface area contributed by atoms with Gasteiger partial charge < -0.3 is 9.47 Å². The Balaban J connectivity index is 2.01. The lowest BCUT2D eigenvalue weighted by Gasteiger charge is -2.36. The Kier molecular flexibility index (Phi) is 6.95. The minimum absolute atomic E-state index is 0.230. The van der Waals surface area contributed by atoms with Crippen molar-refractivity contribution in [1.82, 2.24) is 5.32 Å². The molecule has 2 aromatic carbocycles. The number of benzene rings is 2. The van der Waals surface area contributed by atoms with E-state index in [9.17, 15) is 9.59 Å². The maximum absolute atomic E-state index is 13.6. The first kappa shape index (κ1) is 21.0. The molecule has 6 nitrogen and oxygen atoms in total. The van der Waals surface area contributed by atoms with Crippen LogP contribution in [0.4, 0.5) is 5.69 Å². The molecule has 1 heterocycles. The third-order valence-corrected chi connectivity index (χ3v) is 5.02. The van der Waals surface area contributed by atoms with E-state index in [1.54, 1.807) is 23.1 Å². The van der Waals surface area contributed by atoms with Gasteiger partial charge in [-0.05, 0) is 42.0 Å². The molecule has 2 aromatic rings. The van der Waals surface area contributed by atoms with Crippen LogP contribution in [0.15, 0.2) is 54.6 Å². The summed E-state index contributed by atoms with van der Waals surface area (Å²) in [7, 11) is 2.88. The van der Waals surface area contributed by atoms with Crippen molar-refractivity contribution in [1.29, 1.82) is 0 Å². The average Bonchev–Trinajstić information content (AvgIpc) is 2.77. The molecule has 1 N–H and O–H groups in total. The molecule has 0 saturated carbocycles. The van der Waals surface area contributed by atoms with Gasteiger partial charge >= 0.3 is 5.97 Å². The van der Waals surface area contributed by atoms with E-state index >= 15 is 0 Å². The number of esters is 1. The molecule has 29 heavy (non-hydrogen) atoms. The van der Waals surface area contributed by atoms with Crippen LogP contribution in [-0.4, -0.2) is 44.1 Å². The van der Waals surface area contributed by atoms with Crippen LogP contribution in [-0.2, 0) is 9.53 Å². The number of carbonyl (C=O) groups excluding carboxylic acids is 2. The van der Waals surface area contributed by atoms with E-state index in [0.29, 0.717) is 23.5 Å². The SMILES string of the molecule is COC(=O)C(CCS)N[C@@H]1C=Cc2ccccc2N1C(=O)c1ccccc1OC. The fraction of sp³-hybridized carbons (Fsp3) is 0.273. The average molecular weight is 413 g/mol. The number of fused-ring (bicyclic) bond motifs is 1. The van der Waals surface area contributed by atoms with Crippen LogP contribution in [0.1, 0.15) is 22.3 Å². The van der Waals surface area contributed by atoms with Crippen molar-refractivity contribution in [2.45, 2.75) is 18.6 Å². The third kappa shape index (κ3) is 4.46. The molecule has 0 aliphatic carbocycles. The molecular weight excluding hydrogens is 388 g/mol. The van der Waals surface area contributed by atoms with Crippen molar-refractivity contribution >= 4 is 36.3 Å². The van der Waals surface area contributed by atoms with Crippen molar-refractivity contribution in [2.24, 2.45) is 0 Å². The fourth-order valence-electron chi connectivity index (χ4n) is 3.34. The largest absolute Gasteiger partial charge is 0.496 e. The molecule has 0 aromatic heterocycles. The van der Waals surface area contributed by atoms with E-state index in [-0.39, 0.29) is 5.91 Å². The molecule has 0 spiro atoms. The molecule has 0 fully saturated rings. The van der Waals surface area contributed by atoms with Gasteiger partial charge in [-0.1, -0.05) is 36.4 Å². The second-order valence-corrected chi connectivity index (χ2v) is 6.94. The summed E-state index contributed by atoms with van der Waals surface area (Å²) in [5.41, 5.74) is 2.10. The number of anilines is 1. The van der Waals surface area contributed by atoms with E-state index in [0.717, 1.165) is 11.3 Å². The van der Waals surface area contributed by atoms with Crippen molar-refractivity contribution in [3.63, 3.8) is 0 Å². The summed E-state index contributed by atoms with van der Waals surface area (Å²) in [6, 6.07) is 14.1. The van der Waals surface area contributed by atoms with Crippen molar-refractivity contribution in [3.8, 4) is 5.75 Å². The number of hydrogen-bond donors (Lipinski definition) is 2. The van der Waals surface area contributed by atoms with E-state index < -0.39 is 18.2 Å². The zero-order valence-electron chi connectivity index (χ0n) is 16.4. The topological polar surface area (TPSA) is 67.9 Å². The molecule has 1 aliphatic heterocycles. The highest BCUT2D eigenvalue weighted by molar-refractivity contribution is 7.80. The zero-order valence-corrected chi connectivity index (χ0v) is 17.3. The van der Waals surface area contributed by atoms with Gasteiger partial charge in [-0.25, -0.2) is 0 Å². The highest BCUT2D eigenvalue weighted by atomic mass is 32.1. The lowest BCUT2D eigenvalue weighted by Crippen LogP contribution is -2.55. The van der Waals surface area contributed by atoms with Gasteiger partial charge in [0.05, 0.1) is 25.5 Å². The first-order valence-electron chi connectivity index (χ1n) is 9.29. The molecule has 0 bridgehead atoms. The van der Waals surface area contributed by atoms with Gasteiger partial charge in [-0.15, -0.1) is 0 Å². The number of nitrogens with one attached hydrogen (secondary N) is 1. The maximum Gasteiger partial charge on any atom is 0.322 e. The lowest BCUT2D eigenvalue weighted by molar-refractivity contribution is -0.143. The van der Waals surface area contributed by atoms with Crippen LogP contribution in [0.25, 0.3) is 6.08 Å². The first-order chi connectivity index (χ1) is 14.1. The number of nitrogens with zero attached hydrogens (tertiary/aromatic N) is 1. The fourth-order valence-corrected chi connectivity index (χ4v) is 3.60. The van der Waals surface area contributed by atoms with Crippen LogP contribution < -0.4 is 15.0 Å². The van der Waals surface area contributed by atoms with Crippen LogP contribution in [0.5, 0.6) is 5.75 Å². The van der Waals surface area contributed by atoms with Crippen LogP contribution in [0.2, 0.25) is 0 Å². The number of hydrogen-bond acceptors (Lipinski definition) is 6. The number of rotatable bonds is 7. The Morgan fingerprint density at radius 1 is 1.14 bits per heavy atom. The quantitative estimate of drug-likeness (QED) is 0.540. The predicted octanol–water partition coefficient (Wildman–Crippen LogP) is 3.15. The van der Waals surface area contributed by atoms with Crippen LogP contribution in [0, 0.1) is 0 Å².